The summed E-state index contributed by atoms with van der Waals surface area (Å²) < 4.78 is 5.13. The van der Waals surface area contributed by atoms with Crippen LogP contribution in [0.15, 0.2) is 0 Å². The van der Waals surface area contributed by atoms with Crippen molar-refractivity contribution in [2.75, 3.05) is 39.9 Å². The maximum Gasteiger partial charge on any atom is 0.0589 e. The number of hydrogen-bond donors (Lipinski definition) is 1. The Balaban J connectivity index is 3.44. The quantitative estimate of drug-likeness (QED) is 0.550. The zero-order valence-electron chi connectivity index (χ0n) is 11.6. The van der Waals surface area contributed by atoms with Crippen molar-refractivity contribution in [2.24, 2.45) is 0 Å². The summed E-state index contributed by atoms with van der Waals surface area (Å²) in [4.78, 5) is 2.49. The van der Waals surface area contributed by atoms with E-state index in [1.807, 2.05) is 0 Å². The average molecular weight is 230 g/mol. The Hall–Kier alpha value is -0.120. The molecule has 0 aromatic carbocycles. The summed E-state index contributed by atoms with van der Waals surface area (Å²) in [6.45, 7) is 12.1. The van der Waals surface area contributed by atoms with Crippen LogP contribution < -0.4 is 5.32 Å². The molecule has 0 saturated carbocycles. The molecule has 0 rings (SSSR count). The molecule has 0 unspecified atom stereocenters. The van der Waals surface area contributed by atoms with Gasteiger partial charge in [0.2, 0.25) is 0 Å². The molecule has 16 heavy (non-hydrogen) atoms. The zero-order valence-corrected chi connectivity index (χ0v) is 11.6. The fourth-order valence-corrected chi connectivity index (χ4v) is 1.70. The normalized spacial score (nSPS) is 11.6. The van der Waals surface area contributed by atoms with E-state index in [-0.39, 0.29) is 0 Å². The molecule has 0 saturated heterocycles. The van der Waals surface area contributed by atoms with Crippen LogP contribution in [0.4, 0.5) is 0 Å². The SMILES string of the molecule is CCCNCCCCN(CCOC)C(C)C. The molecule has 0 spiro atoms. The van der Waals surface area contributed by atoms with Gasteiger partial charge in [-0.3, -0.25) is 4.90 Å². The van der Waals surface area contributed by atoms with Gasteiger partial charge >= 0.3 is 0 Å². The first kappa shape index (κ1) is 15.9. The lowest BCUT2D eigenvalue weighted by Crippen LogP contribution is -2.35. The highest BCUT2D eigenvalue weighted by Gasteiger charge is 2.07. The van der Waals surface area contributed by atoms with Crippen LogP contribution in [0.3, 0.4) is 0 Å². The van der Waals surface area contributed by atoms with Crippen LogP contribution in [0, 0.1) is 0 Å². The Bertz CT molecular complexity index is 140. The summed E-state index contributed by atoms with van der Waals surface area (Å²) in [5.41, 5.74) is 0. The lowest BCUT2D eigenvalue weighted by atomic mass is 10.2. The maximum atomic E-state index is 5.13. The first-order valence-electron chi connectivity index (χ1n) is 6.66. The van der Waals surface area contributed by atoms with Crippen LogP contribution >= 0.6 is 0 Å². The van der Waals surface area contributed by atoms with E-state index in [9.17, 15) is 0 Å². The van der Waals surface area contributed by atoms with Gasteiger partial charge in [-0.25, -0.2) is 0 Å². The van der Waals surface area contributed by atoms with Gasteiger partial charge in [-0.15, -0.1) is 0 Å². The molecule has 98 valence electrons. The predicted molar refractivity (Wildman–Crippen MR) is 71.0 cm³/mol. The van der Waals surface area contributed by atoms with E-state index >= 15 is 0 Å². The molecule has 0 atom stereocenters. The minimum Gasteiger partial charge on any atom is -0.383 e. The van der Waals surface area contributed by atoms with Crippen molar-refractivity contribution in [3.8, 4) is 0 Å². The number of nitrogens with one attached hydrogen (secondary N) is 1. The fourth-order valence-electron chi connectivity index (χ4n) is 1.70. The van der Waals surface area contributed by atoms with Crippen molar-refractivity contribution in [3.05, 3.63) is 0 Å². The average Bonchev–Trinajstić information content (AvgIpc) is 2.26. The molecule has 3 heteroatoms. The van der Waals surface area contributed by atoms with Crippen LogP contribution in [0.5, 0.6) is 0 Å². The van der Waals surface area contributed by atoms with E-state index in [1.54, 1.807) is 7.11 Å². The van der Waals surface area contributed by atoms with Crippen LogP contribution in [0.1, 0.15) is 40.0 Å². The molecule has 0 heterocycles. The maximum absolute atomic E-state index is 5.13. The van der Waals surface area contributed by atoms with Crippen LogP contribution in [0.2, 0.25) is 0 Å². The number of ether oxygens (including phenoxy) is 1. The van der Waals surface area contributed by atoms with Gasteiger partial charge in [-0.1, -0.05) is 6.92 Å². The van der Waals surface area contributed by atoms with Gasteiger partial charge < -0.3 is 10.1 Å². The van der Waals surface area contributed by atoms with E-state index in [0.717, 1.165) is 26.2 Å². The summed E-state index contributed by atoms with van der Waals surface area (Å²) in [6.07, 6.45) is 3.78. The van der Waals surface area contributed by atoms with Gasteiger partial charge in [0.05, 0.1) is 6.61 Å². The molecule has 0 aromatic heterocycles. The first-order chi connectivity index (χ1) is 7.72. The molecule has 0 bridgehead atoms. The summed E-state index contributed by atoms with van der Waals surface area (Å²) in [5.74, 6) is 0. The second-order valence-electron chi connectivity index (χ2n) is 4.58. The highest BCUT2D eigenvalue weighted by Crippen LogP contribution is 2.01. The molecule has 0 aromatic rings. The molecule has 0 amide bonds. The molecule has 0 aliphatic carbocycles. The predicted octanol–water partition coefficient (Wildman–Crippen LogP) is 2.12. The standard InChI is InChI=1S/C13H30N2O/c1-5-8-14-9-6-7-10-15(13(2)3)11-12-16-4/h13-14H,5-12H2,1-4H3. The van der Waals surface area contributed by atoms with E-state index in [4.69, 9.17) is 4.74 Å². The van der Waals surface area contributed by atoms with Gasteiger partial charge in [0.15, 0.2) is 0 Å². The van der Waals surface area contributed by atoms with E-state index < -0.39 is 0 Å². The molecule has 0 aliphatic heterocycles. The van der Waals surface area contributed by atoms with E-state index in [1.165, 1.54) is 25.8 Å². The summed E-state index contributed by atoms with van der Waals surface area (Å²) >= 11 is 0. The Morgan fingerprint density at radius 2 is 1.88 bits per heavy atom. The smallest absolute Gasteiger partial charge is 0.0589 e. The molecule has 0 radical (unpaired) electrons. The minimum atomic E-state index is 0.624. The minimum absolute atomic E-state index is 0.624. The van der Waals surface area contributed by atoms with Crippen LogP contribution in [0.25, 0.3) is 0 Å². The second-order valence-corrected chi connectivity index (χ2v) is 4.58. The number of hydrogen-bond acceptors (Lipinski definition) is 3. The molecule has 0 aliphatic rings. The van der Waals surface area contributed by atoms with Crippen molar-refractivity contribution in [1.82, 2.24) is 10.2 Å². The van der Waals surface area contributed by atoms with Gasteiger partial charge in [-0.2, -0.15) is 0 Å². The third-order valence-corrected chi connectivity index (χ3v) is 2.79. The Kier molecular flexibility index (Phi) is 11.3. The fraction of sp³-hybridized carbons (Fsp3) is 1.00. The lowest BCUT2D eigenvalue weighted by molar-refractivity contribution is 0.128. The zero-order chi connectivity index (χ0) is 12.2. The highest BCUT2D eigenvalue weighted by atomic mass is 16.5. The number of rotatable bonds is 11. The third kappa shape index (κ3) is 9.13. The topological polar surface area (TPSA) is 24.5 Å². The monoisotopic (exact) mass is 230 g/mol. The van der Waals surface area contributed by atoms with Crippen LogP contribution in [-0.2, 0) is 4.74 Å². The summed E-state index contributed by atoms with van der Waals surface area (Å²) in [7, 11) is 1.77. The molecular weight excluding hydrogens is 200 g/mol. The third-order valence-electron chi connectivity index (χ3n) is 2.79. The second kappa shape index (κ2) is 11.4. The largest absolute Gasteiger partial charge is 0.383 e. The van der Waals surface area contributed by atoms with E-state index in [0.29, 0.717) is 6.04 Å². The summed E-state index contributed by atoms with van der Waals surface area (Å²) in [6, 6.07) is 0.624. The molecule has 1 N–H and O–H groups in total. The highest BCUT2D eigenvalue weighted by molar-refractivity contribution is 4.63. The van der Waals surface area contributed by atoms with Gasteiger partial charge in [-0.05, 0) is 52.7 Å². The Labute approximate surface area is 102 Å². The number of unbranched alkanes of at least 4 members (excludes halogenated alkanes) is 1. The van der Waals surface area contributed by atoms with Crippen molar-refractivity contribution in [1.29, 1.82) is 0 Å². The van der Waals surface area contributed by atoms with Crippen molar-refractivity contribution in [3.63, 3.8) is 0 Å². The Morgan fingerprint density at radius 3 is 2.44 bits per heavy atom. The van der Waals surface area contributed by atoms with Gasteiger partial charge in [0, 0.05) is 19.7 Å². The molecular formula is C13H30N2O. The molecule has 0 fully saturated rings. The molecule has 3 nitrogen and oxygen atoms in total. The lowest BCUT2D eigenvalue weighted by Gasteiger charge is -2.26. The van der Waals surface area contributed by atoms with Crippen molar-refractivity contribution in [2.45, 2.75) is 46.1 Å². The van der Waals surface area contributed by atoms with Crippen LogP contribution in [-0.4, -0.2) is 50.8 Å². The van der Waals surface area contributed by atoms with Crippen molar-refractivity contribution < 1.29 is 4.74 Å². The number of methoxy groups -OCH3 is 1. The van der Waals surface area contributed by atoms with Gasteiger partial charge in [0.1, 0.15) is 0 Å². The Morgan fingerprint density at radius 1 is 1.12 bits per heavy atom. The van der Waals surface area contributed by atoms with E-state index in [2.05, 4.69) is 31.0 Å². The van der Waals surface area contributed by atoms with Crippen molar-refractivity contribution >= 4 is 0 Å². The van der Waals surface area contributed by atoms with Gasteiger partial charge in [0.25, 0.3) is 0 Å². The first-order valence-corrected chi connectivity index (χ1v) is 6.66. The summed E-state index contributed by atoms with van der Waals surface area (Å²) in [5, 5.41) is 3.44. The number of nitrogens with zero attached hydrogens (tertiary/aromatic N) is 1.